The van der Waals surface area contributed by atoms with E-state index in [1.165, 1.54) is 5.56 Å². The van der Waals surface area contributed by atoms with Gasteiger partial charge in [-0.15, -0.1) is 0 Å². The first-order valence-corrected chi connectivity index (χ1v) is 13.8. The van der Waals surface area contributed by atoms with Gasteiger partial charge < -0.3 is 19.3 Å². The molecule has 0 saturated carbocycles. The zero-order chi connectivity index (χ0) is 27.1. The van der Waals surface area contributed by atoms with Gasteiger partial charge in [-0.25, -0.2) is 0 Å². The van der Waals surface area contributed by atoms with Crippen molar-refractivity contribution in [3.05, 3.63) is 117 Å². The molecule has 0 spiro atoms. The van der Waals surface area contributed by atoms with E-state index in [1.54, 1.807) is 36.1 Å². The number of carbonyl (C=O) groups is 1. The predicted octanol–water partition coefficient (Wildman–Crippen LogP) is 8.04. The second-order valence-corrected chi connectivity index (χ2v) is 10.5. The molecule has 0 amide bonds. The molecule has 0 fully saturated rings. The lowest BCUT2D eigenvalue weighted by Gasteiger charge is -2.37. The maximum absolute atomic E-state index is 12.4. The van der Waals surface area contributed by atoms with Crippen molar-refractivity contribution >= 4 is 52.4 Å². The van der Waals surface area contributed by atoms with Crippen LogP contribution in [0.5, 0.6) is 0 Å². The van der Waals surface area contributed by atoms with Crippen LogP contribution in [-0.2, 0) is 27.3 Å². The van der Waals surface area contributed by atoms with Gasteiger partial charge in [-0.1, -0.05) is 102 Å². The highest BCUT2D eigenvalue weighted by molar-refractivity contribution is 6.35. The molecular formula is C29H28Cl4N2O3. The van der Waals surface area contributed by atoms with E-state index in [9.17, 15) is 4.79 Å². The summed E-state index contributed by atoms with van der Waals surface area (Å²) < 4.78 is 12.2. The average molecular weight is 594 g/mol. The molecule has 0 bridgehead atoms. The SMILES string of the molecule is CCC(=O)OC1N(CCc2ccccc2)C=CN1C(Cl)C(OCc1ccc(Cl)cc1Cl)c1ccc(Cl)cc1. The minimum absolute atomic E-state index is 0.196. The van der Waals surface area contributed by atoms with Crippen molar-refractivity contribution < 1.29 is 14.3 Å². The molecular weight excluding hydrogens is 566 g/mol. The summed E-state index contributed by atoms with van der Waals surface area (Å²) in [4.78, 5) is 16.1. The fourth-order valence-corrected chi connectivity index (χ4v) is 5.03. The molecule has 1 aliphatic rings. The lowest BCUT2D eigenvalue weighted by Crippen LogP contribution is -2.47. The fraction of sp³-hybridized carbons (Fsp3) is 0.276. The highest BCUT2D eigenvalue weighted by Gasteiger charge is 2.38. The zero-order valence-corrected chi connectivity index (χ0v) is 23.8. The first-order valence-electron chi connectivity index (χ1n) is 12.3. The van der Waals surface area contributed by atoms with Gasteiger partial charge in [0.1, 0.15) is 11.6 Å². The summed E-state index contributed by atoms with van der Waals surface area (Å²) in [5, 5.41) is 1.64. The van der Waals surface area contributed by atoms with Gasteiger partial charge in [-0.2, -0.15) is 0 Å². The van der Waals surface area contributed by atoms with Crippen molar-refractivity contribution in [2.45, 2.75) is 44.3 Å². The van der Waals surface area contributed by atoms with Crippen molar-refractivity contribution in [2.24, 2.45) is 0 Å². The molecule has 200 valence electrons. The highest BCUT2D eigenvalue weighted by Crippen LogP contribution is 2.35. The first-order chi connectivity index (χ1) is 18.4. The van der Waals surface area contributed by atoms with Crippen LogP contribution in [0.25, 0.3) is 0 Å². The molecule has 3 unspecified atom stereocenters. The minimum Gasteiger partial charge on any atom is -0.422 e. The number of halogens is 4. The van der Waals surface area contributed by atoms with Gasteiger partial charge in [0, 0.05) is 40.4 Å². The Balaban J connectivity index is 1.56. The normalized spacial score (nSPS) is 16.5. The quantitative estimate of drug-likeness (QED) is 0.128. The van der Waals surface area contributed by atoms with Crippen molar-refractivity contribution in [1.82, 2.24) is 9.80 Å². The van der Waals surface area contributed by atoms with Crippen molar-refractivity contribution in [2.75, 3.05) is 6.54 Å². The number of nitrogens with zero attached hydrogens (tertiary/aromatic N) is 2. The Morgan fingerprint density at radius 1 is 0.947 bits per heavy atom. The van der Waals surface area contributed by atoms with Crippen molar-refractivity contribution in [3.8, 4) is 0 Å². The topological polar surface area (TPSA) is 42.0 Å². The molecule has 0 aliphatic carbocycles. The molecule has 0 saturated heterocycles. The van der Waals surface area contributed by atoms with E-state index in [0.717, 1.165) is 17.5 Å². The molecule has 38 heavy (non-hydrogen) atoms. The van der Waals surface area contributed by atoms with Gasteiger partial charge in [-0.3, -0.25) is 4.79 Å². The number of ether oxygens (including phenoxy) is 2. The summed E-state index contributed by atoms with van der Waals surface area (Å²) in [6.07, 6.45) is 3.42. The van der Waals surface area contributed by atoms with E-state index in [0.29, 0.717) is 21.6 Å². The Hall–Kier alpha value is -2.41. The van der Waals surface area contributed by atoms with Gasteiger partial charge in [0.05, 0.1) is 6.61 Å². The number of alkyl halides is 1. The molecule has 3 atom stereocenters. The van der Waals surface area contributed by atoms with Gasteiger partial charge in [0.2, 0.25) is 0 Å². The third-order valence-corrected chi connectivity index (χ3v) is 7.46. The summed E-state index contributed by atoms with van der Waals surface area (Å²) in [6, 6.07) is 22.7. The van der Waals surface area contributed by atoms with E-state index < -0.39 is 18.0 Å². The van der Waals surface area contributed by atoms with E-state index in [2.05, 4.69) is 12.1 Å². The van der Waals surface area contributed by atoms with Crippen molar-refractivity contribution in [1.29, 1.82) is 0 Å². The van der Waals surface area contributed by atoms with Crippen LogP contribution in [0.15, 0.2) is 85.2 Å². The highest BCUT2D eigenvalue weighted by atomic mass is 35.5. The Morgan fingerprint density at radius 2 is 1.66 bits per heavy atom. The molecule has 5 nitrogen and oxygen atoms in total. The van der Waals surface area contributed by atoms with E-state index >= 15 is 0 Å². The number of esters is 1. The van der Waals surface area contributed by atoms with Crippen LogP contribution < -0.4 is 0 Å². The lowest BCUT2D eigenvalue weighted by atomic mass is 10.1. The number of rotatable bonds is 11. The molecule has 0 radical (unpaired) electrons. The molecule has 3 aromatic rings. The van der Waals surface area contributed by atoms with Crippen LogP contribution in [0, 0.1) is 0 Å². The Morgan fingerprint density at radius 3 is 2.34 bits per heavy atom. The van der Waals surface area contributed by atoms with Gasteiger partial charge in [0.25, 0.3) is 6.35 Å². The third kappa shape index (κ3) is 7.37. The second kappa shape index (κ2) is 13.6. The number of hydrogen-bond acceptors (Lipinski definition) is 5. The van der Waals surface area contributed by atoms with E-state index in [1.807, 2.05) is 53.7 Å². The Kier molecular flexibility index (Phi) is 10.2. The van der Waals surface area contributed by atoms with Crippen LogP contribution in [0.2, 0.25) is 15.1 Å². The number of carbonyl (C=O) groups excluding carboxylic acids is 1. The van der Waals surface area contributed by atoms with Crippen LogP contribution in [-0.4, -0.2) is 34.2 Å². The smallest absolute Gasteiger partial charge is 0.308 e. The minimum atomic E-state index is -0.727. The molecule has 1 aliphatic heterocycles. The molecule has 9 heteroatoms. The summed E-state index contributed by atoms with van der Waals surface area (Å²) in [7, 11) is 0. The maximum atomic E-state index is 12.4. The average Bonchev–Trinajstić information content (AvgIpc) is 3.32. The molecule has 1 heterocycles. The van der Waals surface area contributed by atoms with Crippen LogP contribution in [0.4, 0.5) is 0 Å². The Bertz CT molecular complexity index is 1240. The largest absolute Gasteiger partial charge is 0.422 e. The van der Waals surface area contributed by atoms with Crippen LogP contribution >= 0.6 is 46.4 Å². The molecule has 4 rings (SSSR count). The summed E-state index contributed by atoms with van der Waals surface area (Å²) in [6.45, 7) is 2.59. The summed E-state index contributed by atoms with van der Waals surface area (Å²) >= 11 is 25.7. The predicted molar refractivity (Wildman–Crippen MR) is 153 cm³/mol. The molecule has 0 aromatic heterocycles. The monoisotopic (exact) mass is 592 g/mol. The fourth-order valence-electron chi connectivity index (χ4n) is 4.06. The van der Waals surface area contributed by atoms with E-state index in [-0.39, 0.29) is 19.0 Å². The van der Waals surface area contributed by atoms with Gasteiger partial charge >= 0.3 is 5.97 Å². The van der Waals surface area contributed by atoms with Gasteiger partial charge in [0.15, 0.2) is 0 Å². The number of benzene rings is 3. The van der Waals surface area contributed by atoms with Gasteiger partial charge in [-0.05, 0) is 47.4 Å². The summed E-state index contributed by atoms with van der Waals surface area (Å²) in [5.41, 5.74) is 2.05. The van der Waals surface area contributed by atoms with Crippen LogP contribution in [0.1, 0.15) is 36.1 Å². The van der Waals surface area contributed by atoms with Crippen molar-refractivity contribution in [3.63, 3.8) is 0 Å². The first kappa shape index (κ1) is 28.6. The van der Waals surface area contributed by atoms with E-state index in [4.69, 9.17) is 55.9 Å². The second-order valence-electron chi connectivity index (χ2n) is 8.78. The third-order valence-electron chi connectivity index (χ3n) is 6.16. The van der Waals surface area contributed by atoms with Crippen LogP contribution in [0.3, 0.4) is 0 Å². The molecule has 3 aromatic carbocycles. The standard InChI is InChI=1S/C29H28Cl4N2O3/c1-2-26(36)38-29-34(15-14-20-6-4-3-5-7-20)16-17-35(29)28(33)27(21-8-11-23(30)12-9-21)37-19-22-10-13-24(31)18-25(22)32/h3-13,16-18,27-29H,2,14-15,19H2,1H3. The molecule has 0 N–H and O–H groups in total. The zero-order valence-electron chi connectivity index (χ0n) is 20.8. The Labute approximate surface area is 243 Å². The summed E-state index contributed by atoms with van der Waals surface area (Å²) in [5.74, 6) is -0.325. The lowest BCUT2D eigenvalue weighted by molar-refractivity contribution is -0.172. The number of hydrogen-bond donors (Lipinski definition) is 0. The maximum Gasteiger partial charge on any atom is 0.308 e.